The standard InChI is InChI=1S/C11H10F3N3/c1-15-5-10-8-4-7(11(12,13)14)2-3-9(8)16-6-17-10/h2-4,6,15H,5H2,1H3. The summed E-state index contributed by atoms with van der Waals surface area (Å²) in [7, 11) is 1.71. The SMILES string of the molecule is CNCc1ncnc2ccc(C(F)(F)F)cc12. The Kier molecular flexibility index (Phi) is 2.97. The van der Waals surface area contributed by atoms with Gasteiger partial charge in [0.1, 0.15) is 6.33 Å². The number of nitrogens with one attached hydrogen (secondary N) is 1. The van der Waals surface area contributed by atoms with Crippen LogP contribution in [0.25, 0.3) is 10.9 Å². The minimum Gasteiger partial charge on any atom is -0.314 e. The second kappa shape index (κ2) is 4.29. The molecule has 2 rings (SSSR count). The fourth-order valence-corrected chi connectivity index (χ4v) is 1.59. The number of benzene rings is 1. The predicted octanol–water partition coefficient (Wildman–Crippen LogP) is 2.37. The highest BCUT2D eigenvalue weighted by Gasteiger charge is 2.30. The topological polar surface area (TPSA) is 37.8 Å². The third-order valence-corrected chi connectivity index (χ3v) is 2.39. The number of halogens is 3. The molecule has 17 heavy (non-hydrogen) atoms. The van der Waals surface area contributed by atoms with Crippen LogP contribution in [0.15, 0.2) is 24.5 Å². The maximum absolute atomic E-state index is 12.6. The van der Waals surface area contributed by atoms with Gasteiger partial charge in [0.15, 0.2) is 0 Å². The number of alkyl halides is 3. The molecule has 0 aliphatic rings. The van der Waals surface area contributed by atoms with Gasteiger partial charge in [-0.05, 0) is 25.2 Å². The molecule has 0 unspecified atom stereocenters. The quantitative estimate of drug-likeness (QED) is 0.877. The van der Waals surface area contributed by atoms with E-state index in [2.05, 4.69) is 15.3 Å². The monoisotopic (exact) mass is 241 g/mol. The van der Waals surface area contributed by atoms with Crippen molar-refractivity contribution >= 4 is 10.9 Å². The minimum absolute atomic E-state index is 0.403. The largest absolute Gasteiger partial charge is 0.416 e. The molecular weight excluding hydrogens is 231 g/mol. The van der Waals surface area contributed by atoms with E-state index in [4.69, 9.17) is 0 Å². The van der Waals surface area contributed by atoms with Gasteiger partial charge in [0.25, 0.3) is 0 Å². The molecule has 0 radical (unpaired) electrons. The lowest BCUT2D eigenvalue weighted by Gasteiger charge is -2.09. The molecule has 0 fully saturated rings. The lowest BCUT2D eigenvalue weighted by Crippen LogP contribution is -2.09. The number of hydrogen-bond donors (Lipinski definition) is 1. The maximum Gasteiger partial charge on any atom is 0.416 e. The number of fused-ring (bicyclic) bond motifs is 1. The zero-order valence-electron chi connectivity index (χ0n) is 9.04. The van der Waals surface area contributed by atoms with Crippen molar-refractivity contribution < 1.29 is 13.2 Å². The number of nitrogens with zero attached hydrogens (tertiary/aromatic N) is 2. The van der Waals surface area contributed by atoms with Crippen molar-refractivity contribution in [1.29, 1.82) is 0 Å². The Morgan fingerprint density at radius 3 is 2.65 bits per heavy atom. The molecule has 2 aromatic rings. The summed E-state index contributed by atoms with van der Waals surface area (Å²) >= 11 is 0. The zero-order valence-corrected chi connectivity index (χ0v) is 9.04. The van der Waals surface area contributed by atoms with Gasteiger partial charge in [-0.3, -0.25) is 0 Å². The Balaban J connectivity index is 2.61. The third-order valence-electron chi connectivity index (χ3n) is 2.39. The van der Waals surface area contributed by atoms with E-state index in [9.17, 15) is 13.2 Å². The molecular formula is C11H10F3N3. The number of rotatable bonds is 2. The molecule has 0 amide bonds. The van der Waals surface area contributed by atoms with Crippen molar-refractivity contribution in [2.24, 2.45) is 0 Å². The van der Waals surface area contributed by atoms with Crippen LogP contribution in [-0.2, 0) is 12.7 Å². The summed E-state index contributed by atoms with van der Waals surface area (Å²) in [5.74, 6) is 0. The molecule has 90 valence electrons. The molecule has 1 N–H and O–H groups in total. The van der Waals surface area contributed by atoms with Crippen molar-refractivity contribution in [3.05, 3.63) is 35.8 Å². The fourth-order valence-electron chi connectivity index (χ4n) is 1.59. The fraction of sp³-hybridized carbons (Fsp3) is 0.273. The minimum atomic E-state index is -4.35. The summed E-state index contributed by atoms with van der Waals surface area (Å²) in [6.45, 7) is 0.403. The molecule has 1 heterocycles. The van der Waals surface area contributed by atoms with Gasteiger partial charge >= 0.3 is 6.18 Å². The Morgan fingerprint density at radius 2 is 2.00 bits per heavy atom. The first-order chi connectivity index (χ1) is 8.02. The maximum atomic E-state index is 12.6. The molecule has 0 atom stereocenters. The normalized spacial score (nSPS) is 12.0. The van der Waals surface area contributed by atoms with E-state index < -0.39 is 11.7 Å². The average Bonchev–Trinajstić information content (AvgIpc) is 2.28. The lowest BCUT2D eigenvalue weighted by molar-refractivity contribution is -0.137. The summed E-state index contributed by atoms with van der Waals surface area (Å²) < 4.78 is 37.7. The molecule has 1 aromatic heterocycles. The van der Waals surface area contributed by atoms with E-state index in [1.54, 1.807) is 7.05 Å². The smallest absolute Gasteiger partial charge is 0.314 e. The van der Waals surface area contributed by atoms with Crippen LogP contribution >= 0.6 is 0 Å². The van der Waals surface area contributed by atoms with E-state index >= 15 is 0 Å². The first-order valence-electron chi connectivity index (χ1n) is 4.98. The van der Waals surface area contributed by atoms with Crippen LogP contribution in [0.3, 0.4) is 0 Å². The lowest BCUT2D eigenvalue weighted by atomic mass is 10.1. The molecule has 0 saturated carbocycles. The highest BCUT2D eigenvalue weighted by Crippen LogP contribution is 2.31. The summed E-state index contributed by atoms with van der Waals surface area (Å²) in [6, 6.07) is 3.47. The Labute approximate surface area is 95.7 Å². The Bertz CT molecular complexity index is 537. The second-order valence-corrected chi connectivity index (χ2v) is 3.58. The van der Waals surface area contributed by atoms with Crippen LogP contribution in [0.1, 0.15) is 11.3 Å². The highest BCUT2D eigenvalue weighted by molar-refractivity contribution is 5.81. The van der Waals surface area contributed by atoms with Gasteiger partial charge in [0.2, 0.25) is 0 Å². The summed E-state index contributed by atoms with van der Waals surface area (Å²) in [5, 5.41) is 3.29. The second-order valence-electron chi connectivity index (χ2n) is 3.58. The van der Waals surface area contributed by atoms with Crippen LogP contribution < -0.4 is 5.32 Å². The molecule has 0 aliphatic carbocycles. The average molecular weight is 241 g/mol. The van der Waals surface area contributed by atoms with E-state index in [1.165, 1.54) is 12.4 Å². The number of hydrogen-bond acceptors (Lipinski definition) is 3. The molecule has 0 bridgehead atoms. The van der Waals surface area contributed by atoms with Gasteiger partial charge in [-0.2, -0.15) is 13.2 Å². The van der Waals surface area contributed by atoms with Crippen LogP contribution in [0.2, 0.25) is 0 Å². The van der Waals surface area contributed by atoms with E-state index in [-0.39, 0.29) is 0 Å². The van der Waals surface area contributed by atoms with Crippen molar-refractivity contribution in [2.75, 3.05) is 7.05 Å². The van der Waals surface area contributed by atoms with E-state index in [1.807, 2.05) is 0 Å². The molecule has 0 saturated heterocycles. The first kappa shape index (κ1) is 11.8. The van der Waals surface area contributed by atoms with Gasteiger partial charge in [-0.25, -0.2) is 9.97 Å². The van der Waals surface area contributed by atoms with Gasteiger partial charge in [0, 0.05) is 11.9 Å². The van der Waals surface area contributed by atoms with Crippen molar-refractivity contribution in [3.63, 3.8) is 0 Å². The molecule has 6 heteroatoms. The van der Waals surface area contributed by atoms with Gasteiger partial charge < -0.3 is 5.32 Å². The first-order valence-corrected chi connectivity index (χ1v) is 4.98. The number of aromatic nitrogens is 2. The van der Waals surface area contributed by atoms with Crippen molar-refractivity contribution in [2.45, 2.75) is 12.7 Å². The molecule has 3 nitrogen and oxygen atoms in total. The predicted molar refractivity (Wildman–Crippen MR) is 57.3 cm³/mol. The van der Waals surface area contributed by atoms with Crippen molar-refractivity contribution in [3.8, 4) is 0 Å². The zero-order chi connectivity index (χ0) is 12.5. The Morgan fingerprint density at radius 1 is 1.24 bits per heavy atom. The van der Waals surface area contributed by atoms with Gasteiger partial charge in [-0.1, -0.05) is 0 Å². The molecule has 0 spiro atoms. The highest BCUT2D eigenvalue weighted by atomic mass is 19.4. The summed E-state index contributed by atoms with van der Waals surface area (Å²) in [6.07, 6.45) is -3.00. The molecule has 0 aliphatic heterocycles. The van der Waals surface area contributed by atoms with E-state index in [0.717, 1.165) is 12.1 Å². The van der Waals surface area contributed by atoms with Gasteiger partial charge in [-0.15, -0.1) is 0 Å². The van der Waals surface area contributed by atoms with Crippen LogP contribution in [0, 0.1) is 0 Å². The summed E-state index contributed by atoms with van der Waals surface area (Å²) in [4.78, 5) is 7.92. The van der Waals surface area contributed by atoms with Crippen LogP contribution in [0.4, 0.5) is 13.2 Å². The van der Waals surface area contributed by atoms with E-state index in [0.29, 0.717) is 23.1 Å². The Hall–Kier alpha value is -1.69. The van der Waals surface area contributed by atoms with Crippen LogP contribution in [0.5, 0.6) is 0 Å². The van der Waals surface area contributed by atoms with Crippen LogP contribution in [-0.4, -0.2) is 17.0 Å². The third kappa shape index (κ3) is 2.36. The van der Waals surface area contributed by atoms with Crippen molar-refractivity contribution in [1.82, 2.24) is 15.3 Å². The van der Waals surface area contributed by atoms with Gasteiger partial charge in [0.05, 0.1) is 16.8 Å². The summed E-state index contributed by atoms with van der Waals surface area (Å²) in [5.41, 5.74) is 0.388. The molecule has 1 aromatic carbocycles.